The number of nitrogens with one attached hydrogen (secondary N) is 1. The number of amides is 2. The van der Waals surface area contributed by atoms with Gasteiger partial charge in [-0.3, -0.25) is 9.59 Å². The van der Waals surface area contributed by atoms with E-state index in [1.807, 2.05) is 32.8 Å². The van der Waals surface area contributed by atoms with Gasteiger partial charge in [0.15, 0.2) is 0 Å². The van der Waals surface area contributed by atoms with Crippen LogP contribution in [-0.4, -0.2) is 112 Å². The first kappa shape index (κ1) is 37.4. The summed E-state index contributed by atoms with van der Waals surface area (Å²) in [4.78, 5) is 30.7. The van der Waals surface area contributed by atoms with E-state index in [2.05, 4.69) is 5.32 Å². The van der Waals surface area contributed by atoms with Crippen molar-refractivity contribution in [1.29, 1.82) is 0 Å². The van der Waals surface area contributed by atoms with Gasteiger partial charge in [-0.15, -0.1) is 0 Å². The second-order valence-corrected chi connectivity index (χ2v) is 14.6. The minimum Gasteiger partial charge on any atom is -0.490 e. The van der Waals surface area contributed by atoms with Crippen molar-refractivity contribution >= 4 is 27.5 Å². The van der Waals surface area contributed by atoms with Gasteiger partial charge >= 0.3 is 0 Å². The normalized spacial score (nSPS) is 20.9. The van der Waals surface area contributed by atoms with E-state index >= 15 is 0 Å². The summed E-state index contributed by atoms with van der Waals surface area (Å²) in [6.07, 6.45) is 2.63. The molecule has 4 atom stereocenters. The first-order chi connectivity index (χ1) is 21.8. The van der Waals surface area contributed by atoms with Crippen LogP contribution < -0.4 is 10.1 Å². The number of aliphatic hydroxyl groups is 1. The first-order valence-electron chi connectivity index (χ1n) is 16.1. The Labute approximate surface area is 274 Å². The molecule has 0 bridgehead atoms. The Kier molecular flexibility index (Phi) is 14.5. The number of aliphatic hydroxyl groups excluding tert-OH is 1. The van der Waals surface area contributed by atoms with Crippen LogP contribution in [0.4, 0.5) is 5.69 Å². The van der Waals surface area contributed by atoms with Crippen LogP contribution in [0.5, 0.6) is 5.75 Å². The number of likely N-dealkylation sites (N-methyl/N-ethyl adjacent to an activating group) is 1. The summed E-state index contributed by atoms with van der Waals surface area (Å²) < 4.78 is 40.6. The van der Waals surface area contributed by atoms with Crippen molar-refractivity contribution in [2.45, 2.75) is 76.0 Å². The molecule has 0 spiro atoms. The maximum Gasteiger partial charge on any atom is 0.258 e. The number of carbonyl (C=O) groups excluding carboxylic acids is 2. The van der Waals surface area contributed by atoms with Crippen LogP contribution >= 0.6 is 0 Å². The van der Waals surface area contributed by atoms with Crippen molar-refractivity contribution in [2.75, 3.05) is 59.3 Å². The molecule has 0 saturated heterocycles. The molecule has 0 aliphatic carbocycles. The largest absolute Gasteiger partial charge is 0.490 e. The molecular weight excluding hydrogens is 608 g/mol. The number of hydrogen-bond donors (Lipinski definition) is 2. The van der Waals surface area contributed by atoms with Gasteiger partial charge in [0.05, 0.1) is 35.3 Å². The van der Waals surface area contributed by atoms with Crippen molar-refractivity contribution in [3.05, 3.63) is 54.1 Å². The summed E-state index contributed by atoms with van der Waals surface area (Å²) >= 11 is 0. The number of nitrogens with zero attached hydrogens (tertiary/aromatic N) is 3. The van der Waals surface area contributed by atoms with E-state index in [0.29, 0.717) is 30.9 Å². The second-order valence-electron chi connectivity index (χ2n) is 12.6. The molecule has 2 aromatic carbocycles. The third-order valence-electron chi connectivity index (χ3n) is 8.23. The summed E-state index contributed by atoms with van der Waals surface area (Å²) in [6.45, 7) is 6.85. The molecule has 0 saturated carbocycles. The van der Waals surface area contributed by atoms with Gasteiger partial charge in [-0.2, -0.15) is 4.31 Å². The third-order valence-corrected chi connectivity index (χ3v) is 10.1. The zero-order chi connectivity index (χ0) is 33.9. The van der Waals surface area contributed by atoms with Crippen molar-refractivity contribution < 1.29 is 32.6 Å². The summed E-state index contributed by atoms with van der Waals surface area (Å²) in [5.74, 6) is -0.393. The van der Waals surface area contributed by atoms with E-state index in [1.54, 1.807) is 60.4 Å². The maximum absolute atomic E-state index is 14.3. The maximum atomic E-state index is 14.3. The van der Waals surface area contributed by atoms with Gasteiger partial charge in [0.25, 0.3) is 5.91 Å². The number of ether oxygens (including phenoxy) is 2. The Morgan fingerprint density at radius 1 is 1.11 bits per heavy atom. The van der Waals surface area contributed by atoms with Gasteiger partial charge in [-0.25, -0.2) is 8.42 Å². The van der Waals surface area contributed by atoms with Gasteiger partial charge in [0.1, 0.15) is 5.75 Å². The number of benzene rings is 2. The lowest BCUT2D eigenvalue weighted by Crippen LogP contribution is -2.48. The van der Waals surface area contributed by atoms with E-state index in [4.69, 9.17) is 9.47 Å². The molecule has 2 amide bonds. The topological polar surface area (TPSA) is 129 Å². The molecule has 12 heteroatoms. The van der Waals surface area contributed by atoms with E-state index in [-0.39, 0.29) is 54.0 Å². The van der Waals surface area contributed by atoms with Gasteiger partial charge in [-0.05, 0) is 90.5 Å². The molecule has 2 N–H and O–H groups in total. The molecule has 3 rings (SSSR count). The molecule has 1 aliphatic rings. The van der Waals surface area contributed by atoms with Crippen molar-refractivity contribution in [3.63, 3.8) is 0 Å². The summed E-state index contributed by atoms with van der Waals surface area (Å²) in [5, 5.41) is 13.1. The van der Waals surface area contributed by atoms with Crippen LogP contribution in [-0.2, 0) is 19.6 Å². The predicted molar refractivity (Wildman–Crippen MR) is 180 cm³/mol. The van der Waals surface area contributed by atoms with E-state index in [9.17, 15) is 23.1 Å². The lowest BCUT2D eigenvalue weighted by atomic mass is 10.0. The van der Waals surface area contributed by atoms with Gasteiger partial charge in [-0.1, -0.05) is 25.1 Å². The monoisotopic (exact) mass is 660 g/mol. The highest BCUT2D eigenvalue weighted by Crippen LogP contribution is 2.29. The average molecular weight is 661 g/mol. The minimum absolute atomic E-state index is 0.0913. The van der Waals surface area contributed by atoms with Crippen LogP contribution in [0.2, 0.25) is 0 Å². The summed E-state index contributed by atoms with van der Waals surface area (Å²) in [7, 11) is 1.69. The fraction of sp³-hybridized carbons (Fsp3) is 0.588. The molecule has 1 aliphatic heterocycles. The van der Waals surface area contributed by atoms with Crippen LogP contribution in [0.3, 0.4) is 0 Å². The number of anilines is 1. The number of fused-ring (bicyclic) bond motifs is 1. The second kappa shape index (κ2) is 17.8. The summed E-state index contributed by atoms with van der Waals surface area (Å²) in [6, 6.07) is 12.8. The van der Waals surface area contributed by atoms with E-state index < -0.39 is 22.2 Å². The van der Waals surface area contributed by atoms with Crippen LogP contribution in [0.1, 0.15) is 63.2 Å². The summed E-state index contributed by atoms with van der Waals surface area (Å²) in [5.41, 5.74) is 0.765. The third kappa shape index (κ3) is 10.8. The Balaban J connectivity index is 1.92. The quantitative estimate of drug-likeness (QED) is 0.369. The SMILES string of the molecule is C[C@@H]1CCCCO[C@H](CN(C)S(=O)(=O)c2ccccc2)[C@@H](C)CN([C@@H](C)CO)C(=O)c2cc(NC(=O)CCCN(C)C)ccc2O1. The predicted octanol–water partition coefficient (Wildman–Crippen LogP) is 4.08. The molecule has 2 aromatic rings. The Morgan fingerprint density at radius 3 is 2.50 bits per heavy atom. The standard InChI is InChI=1S/C34H52N4O7S/c1-25-22-38(26(2)24-39)34(41)30-21-28(35-33(40)16-12-19-36(4)5)17-18-31(30)45-27(3)13-10-11-20-44-32(25)23-37(6)46(42,43)29-14-8-7-9-15-29/h7-9,14-15,17-18,21,25-27,32,39H,10-13,16,19-20,22-24H2,1-6H3,(H,35,40)/t25-,26-,27+,32+/m0/s1. The lowest BCUT2D eigenvalue weighted by molar-refractivity contribution is -0.116. The first-order valence-corrected chi connectivity index (χ1v) is 17.6. The van der Waals surface area contributed by atoms with Crippen LogP contribution in [0.15, 0.2) is 53.4 Å². The molecule has 0 aromatic heterocycles. The van der Waals surface area contributed by atoms with Crippen LogP contribution in [0, 0.1) is 5.92 Å². The molecule has 1 heterocycles. The van der Waals surface area contributed by atoms with E-state index in [0.717, 1.165) is 25.8 Å². The number of sulfonamides is 1. The molecule has 11 nitrogen and oxygen atoms in total. The van der Waals surface area contributed by atoms with E-state index in [1.165, 1.54) is 11.4 Å². The zero-order valence-electron chi connectivity index (χ0n) is 28.1. The molecule has 256 valence electrons. The Bertz CT molecular complexity index is 1370. The number of rotatable bonds is 11. The average Bonchev–Trinajstić information content (AvgIpc) is 3.02. The molecule has 46 heavy (non-hydrogen) atoms. The zero-order valence-corrected chi connectivity index (χ0v) is 29.0. The number of carbonyl (C=O) groups is 2. The molecule has 0 fully saturated rings. The minimum atomic E-state index is -3.76. The smallest absolute Gasteiger partial charge is 0.258 e. The van der Waals surface area contributed by atoms with Crippen LogP contribution in [0.25, 0.3) is 0 Å². The fourth-order valence-electron chi connectivity index (χ4n) is 5.37. The number of hydrogen-bond acceptors (Lipinski definition) is 8. The molecule has 0 unspecified atom stereocenters. The van der Waals surface area contributed by atoms with Gasteiger partial charge in [0.2, 0.25) is 15.9 Å². The Hall–Kier alpha value is -3.03. The molecule has 0 radical (unpaired) electrons. The highest BCUT2D eigenvalue weighted by molar-refractivity contribution is 7.89. The van der Waals surface area contributed by atoms with Crippen molar-refractivity contribution in [2.24, 2.45) is 5.92 Å². The fourth-order valence-corrected chi connectivity index (χ4v) is 6.57. The van der Waals surface area contributed by atoms with Gasteiger partial charge < -0.3 is 29.7 Å². The van der Waals surface area contributed by atoms with Gasteiger partial charge in [0, 0.05) is 44.8 Å². The lowest BCUT2D eigenvalue weighted by Gasteiger charge is -2.35. The van der Waals surface area contributed by atoms with Crippen molar-refractivity contribution in [3.8, 4) is 5.75 Å². The Morgan fingerprint density at radius 2 is 1.83 bits per heavy atom. The molecular formula is C34H52N4O7S. The highest BCUT2D eigenvalue weighted by Gasteiger charge is 2.32. The van der Waals surface area contributed by atoms with Crippen molar-refractivity contribution in [1.82, 2.24) is 14.1 Å². The highest BCUT2D eigenvalue weighted by atomic mass is 32.2.